The third-order valence-electron chi connectivity index (χ3n) is 4.32. The van der Waals surface area contributed by atoms with Gasteiger partial charge in [0.25, 0.3) is 0 Å². The molecule has 130 valence electrons. The van der Waals surface area contributed by atoms with E-state index in [4.69, 9.17) is 4.98 Å². The van der Waals surface area contributed by atoms with Crippen molar-refractivity contribution in [2.75, 3.05) is 0 Å². The summed E-state index contributed by atoms with van der Waals surface area (Å²) in [6, 6.07) is 14.0. The van der Waals surface area contributed by atoms with Crippen molar-refractivity contribution in [1.29, 1.82) is 0 Å². The average Bonchev–Trinajstić information content (AvgIpc) is 2.98. The number of fused-ring (bicyclic) bond motifs is 2. The Kier molecular flexibility index (Phi) is 3.80. The third kappa shape index (κ3) is 2.86. The maximum absolute atomic E-state index is 4.79. The molecule has 3 heterocycles. The van der Waals surface area contributed by atoms with E-state index in [1.165, 1.54) is 0 Å². The van der Waals surface area contributed by atoms with Gasteiger partial charge in [0.15, 0.2) is 5.82 Å². The average molecular weight is 343 g/mol. The van der Waals surface area contributed by atoms with E-state index in [1.807, 2.05) is 47.0 Å². The zero-order valence-corrected chi connectivity index (χ0v) is 15.4. The van der Waals surface area contributed by atoms with Crippen molar-refractivity contribution in [3.05, 3.63) is 66.1 Å². The molecule has 0 unspecified atom stereocenters. The number of imidazole rings is 1. The molecule has 4 rings (SSSR count). The van der Waals surface area contributed by atoms with E-state index in [-0.39, 0.29) is 5.41 Å². The van der Waals surface area contributed by atoms with Crippen LogP contribution in [0.1, 0.15) is 32.0 Å². The standard InChI is InChI=1S/C21H21N5/c1-14-10-11-17-23-19(21(2,3)4)20(26(17)13-14)25-24-16-9-5-7-15-8-6-12-22-18(15)16/h5-13H,1-4H3. The van der Waals surface area contributed by atoms with E-state index in [9.17, 15) is 0 Å². The Hall–Kier alpha value is -3.08. The van der Waals surface area contributed by atoms with Crippen LogP contribution in [-0.2, 0) is 5.41 Å². The highest BCUT2D eigenvalue weighted by Crippen LogP contribution is 2.34. The Morgan fingerprint density at radius 3 is 2.58 bits per heavy atom. The van der Waals surface area contributed by atoms with Gasteiger partial charge in [-0.25, -0.2) is 4.98 Å². The first-order valence-electron chi connectivity index (χ1n) is 8.68. The lowest BCUT2D eigenvalue weighted by atomic mass is 9.92. The van der Waals surface area contributed by atoms with Crippen LogP contribution < -0.4 is 0 Å². The number of azo groups is 1. The molecule has 0 saturated heterocycles. The van der Waals surface area contributed by atoms with E-state index in [0.717, 1.165) is 39.3 Å². The maximum atomic E-state index is 4.79. The Balaban J connectivity index is 1.91. The van der Waals surface area contributed by atoms with Crippen LogP contribution >= 0.6 is 0 Å². The molecule has 0 fully saturated rings. The van der Waals surface area contributed by atoms with E-state index >= 15 is 0 Å². The van der Waals surface area contributed by atoms with E-state index in [0.29, 0.717) is 0 Å². The largest absolute Gasteiger partial charge is 0.283 e. The lowest BCUT2D eigenvalue weighted by Gasteiger charge is -2.15. The summed E-state index contributed by atoms with van der Waals surface area (Å²) >= 11 is 0. The Morgan fingerprint density at radius 1 is 0.962 bits per heavy atom. The summed E-state index contributed by atoms with van der Waals surface area (Å²) in [6.45, 7) is 8.48. The van der Waals surface area contributed by atoms with Crippen molar-refractivity contribution in [3.63, 3.8) is 0 Å². The van der Waals surface area contributed by atoms with Crippen molar-refractivity contribution < 1.29 is 0 Å². The molecule has 0 aliphatic heterocycles. The maximum Gasteiger partial charge on any atom is 0.183 e. The highest BCUT2D eigenvalue weighted by Gasteiger charge is 2.24. The van der Waals surface area contributed by atoms with Crippen molar-refractivity contribution >= 4 is 28.1 Å². The highest BCUT2D eigenvalue weighted by molar-refractivity contribution is 5.88. The lowest BCUT2D eigenvalue weighted by molar-refractivity contribution is 0.574. The van der Waals surface area contributed by atoms with Gasteiger partial charge in [0.2, 0.25) is 0 Å². The van der Waals surface area contributed by atoms with Gasteiger partial charge in [-0.15, -0.1) is 10.2 Å². The van der Waals surface area contributed by atoms with Crippen molar-refractivity contribution in [2.24, 2.45) is 10.2 Å². The number of aryl methyl sites for hydroxylation is 1. The Morgan fingerprint density at radius 2 is 1.77 bits per heavy atom. The first-order valence-corrected chi connectivity index (χ1v) is 8.68. The van der Waals surface area contributed by atoms with Crippen LogP contribution in [0.5, 0.6) is 0 Å². The molecular weight excluding hydrogens is 322 g/mol. The van der Waals surface area contributed by atoms with Crippen LogP contribution in [0.4, 0.5) is 11.5 Å². The van der Waals surface area contributed by atoms with Gasteiger partial charge in [0.05, 0.1) is 11.2 Å². The number of pyridine rings is 2. The molecule has 0 radical (unpaired) electrons. The molecule has 0 amide bonds. The van der Waals surface area contributed by atoms with Gasteiger partial charge in [-0.1, -0.05) is 45.0 Å². The minimum Gasteiger partial charge on any atom is -0.283 e. The van der Waals surface area contributed by atoms with Gasteiger partial charge in [-0.3, -0.25) is 9.38 Å². The molecular formula is C21H21N5. The number of hydrogen-bond acceptors (Lipinski definition) is 4. The number of para-hydroxylation sites is 1. The summed E-state index contributed by atoms with van der Waals surface area (Å²) in [4.78, 5) is 9.25. The van der Waals surface area contributed by atoms with Gasteiger partial charge >= 0.3 is 0 Å². The first kappa shape index (κ1) is 16.4. The Bertz CT molecular complexity index is 1130. The monoisotopic (exact) mass is 343 g/mol. The molecule has 0 N–H and O–H groups in total. The third-order valence-corrected chi connectivity index (χ3v) is 4.32. The van der Waals surface area contributed by atoms with Crippen LogP contribution in [0.15, 0.2) is 65.1 Å². The number of benzene rings is 1. The molecule has 26 heavy (non-hydrogen) atoms. The molecule has 0 atom stereocenters. The number of nitrogens with zero attached hydrogens (tertiary/aromatic N) is 5. The molecule has 3 aromatic heterocycles. The Labute approximate surface area is 152 Å². The zero-order chi connectivity index (χ0) is 18.3. The van der Waals surface area contributed by atoms with Gasteiger partial charge in [0, 0.05) is 23.2 Å². The van der Waals surface area contributed by atoms with Crippen LogP contribution in [-0.4, -0.2) is 14.4 Å². The molecule has 4 aromatic rings. The van der Waals surface area contributed by atoms with Crippen molar-refractivity contribution in [2.45, 2.75) is 33.1 Å². The molecule has 1 aromatic carbocycles. The lowest BCUT2D eigenvalue weighted by Crippen LogP contribution is -2.11. The van der Waals surface area contributed by atoms with Crippen LogP contribution in [0, 0.1) is 6.92 Å². The molecule has 5 nitrogen and oxygen atoms in total. The predicted octanol–water partition coefficient (Wildman–Crippen LogP) is 5.90. The quantitative estimate of drug-likeness (QED) is 0.425. The predicted molar refractivity (Wildman–Crippen MR) is 105 cm³/mol. The van der Waals surface area contributed by atoms with Gasteiger partial charge in [-0.2, -0.15) is 0 Å². The smallest absolute Gasteiger partial charge is 0.183 e. The number of rotatable bonds is 2. The molecule has 5 heteroatoms. The molecule has 0 bridgehead atoms. The second-order valence-corrected chi connectivity index (χ2v) is 7.52. The van der Waals surface area contributed by atoms with Crippen molar-refractivity contribution in [1.82, 2.24) is 14.4 Å². The van der Waals surface area contributed by atoms with Crippen LogP contribution in [0.3, 0.4) is 0 Å². The summed E-state index contributed by atoms with van der Waals surface area (Å²) in [5.74, 6) is 0.768. The summed E-state index contributed by atoms with van der Waals surface area (Å²) in [5, 5.41) is 10.2. The van der Waals surface area contributed by atoms with Crippen molar-refractivity contribution in [3.8, 4) is 0 Å². The summed E-state index contributed by atoms with van der Waals surface area (Å²) in [5.41, 5.74) is 4.43. The first-order chi connectivity index (χ1) is 12.4. The molecule has 0 aliphatic carbocycles. The van der Waals surface area contributed by atoms with Gasteiger partial charge < -0.3 is 0 Å². The molecule has 0 spiro atoms. The fourth-order valence-corrected chi connectivity index (χ4v) is 3.01. The zero-order valence-electron chi connectivity index (χ0n) is 15.4. The fraction of sp³-hybridized carbons (Fsp3) is 0.238. The van der Waals surface area contributed by atoms with Crippen LogP contribution in [0.25, 0.3) is 16.6 Å². The van der Waals surface area contributed by atoms with E-state index in [2.05, 4.69) is 49.0 Å². The van der Waals surface area contributed by atoms with Gasteiger partial charge in [-0.05, 0) is 30.7 Å². The number of aromatic nitrogens is 3. The van der Waals surface area contributed by atoms with Crippen LogP contribution in [0.2, 0.25) is 0 Å². The SMILES string of the molecule is Cc1ccc2nc(C(C)(C)C)c(N=Nc3cccc4cccnc34)n2c1. The van der Waals surface area contributed by atoms with E-state index < -0.39 is 0 Å². The molecule has 0 saturated carbocycles. The second-order valence-electron chi connectivity index (χ2n) is 7.52. The summed E-state index contributed by atoms with van der Waals surface area (Å²) in [7, 11) is 0. The number of hydrogen-bond donors (Lipinski definition) is 0. The highest BCUT2D eigenvalue weighted by atomic mass is 15.2. The summed E-state index contributed by atoms with van der Waals surface area (Å²) in [6.07, 6.45) is 3.83. The normalized spacial score (nSPS) is 12.5. The minimum absolute atomic E-state index is 0.134. The van der Waals surface area contributed by atoms with Gasteiger partial charge in [0.1, 0.15) is 11.3 Å². The topological polar surface area (TPSA) is 54.9 Å². The van der Waals surface area contributed by atoms with E-state index in [1.54, 1.807) is 6.20 Å². The fourth-order valence-electron chi connectivity index (χ4n) is 3.01. The molecule has 0 aliphatic rings. The summed E-state index contributed by atoms with van der Waals surface area (Å²) < 4.78 is 2.01. The second kappa shape index (κ2) is 6.02. The minimum atomic E-state index is -0.134.